The Morgan fingerprint density at radius 2 is 2.14 bits per heavy atom. The monoisotopic (exact) mass is 321 g/mol. The Hall–Kier alpha value is -2.11. The fraction of sp³-hybridized carbons (Fsp3) is 0.154. The van der Waals surface area contributed by atoms with Gasteiger partial charge in [0.2, 0.25) is 0 Å². The lowest BCUT2D eigenvalue weighted by Crippen LogP contribution is -2.10. The van der Waals surface area contributed by atoms with Crippen LogP contribution in [0.4, 0.5) is 0 Å². The first kappa shape index (κ1) is 15.3. The van der Waals surface area contributed by atoms with E-state index in [0.29, 0.717) is 10.7 Å². The van der Waals surface area contributed by atoms with Gasteiger partial charge in [0.15, 0.2) is 15.0 Å². The van der Waals surface area contributed by atoms with Gasteiger partial charge in [0.1, 0.15) is 0 Å². The number of nitrogens with zero attached hydrogens (tertiary/aromatic N) is 2. The highest BCUT2D eigenvalue weighted by Gasteiger charge is 2.15. The molecular weight excluding hydrogens is 310 g/mol. The maximum absolute atomic E-state index is 12.1. The summed E-state index contributed by atoms with van der Waals surface area (Å²) >= 11 is 1.16. The van der Waals surface area contributed by atoms with E-state index in [1.807, 2.05) is 6.07 Å². The lowest BCUT2D eigenvalue weighted by Gasteiger charge is -2.04. The second kappa shape index (κ2) is 6.56. The van der Waals surface area contributed by atoms with Crippen molar-refractivity contribution in [1.82, 2.24) is 9.97 Å². The second-order valence-corrected chi connectivity index (χ2v) is 7.24. The maximum Gasteiger partial charge on any atom is 0.251 e. The van der Waals surface area contributed by atoms with E-state index in [9.17, 15) is 13.2 Å². The van der Waals surface area contributed by atoms with Gasteiger partial charge in [0, 0.05) is 18.0 Å². The van der Waals surface area contributed by atoms with Crippen LogP contribution in [-0.4, -0.2) is 29.9 Å². The van der Waals surface area contributed by atoms with E-state index < -0.39 is 9.84 Å². The number of rotatable bonds is 5. The highest BCUT2D eigenvalue weighted by atomic mass is 32.2. The predicted octanol–water partition coefficient (Wildman–Crippen LogP) is 1.21. The Balaban J connectivity index is 2.05. The number of sulfone groups is 1. The molecule has 0 aliphatic heterocycles. The lowest BCUT2D eigenvalue weighted by atomic mass is 10.2. The van der Waals surface area contributed by atoms with Gasteiger partial charge < -0.3 is 4.98 Å². The number of aromatic nitrogens is 2. The molecule has 6 nitrogen and oxygen atoms in total. The van der Waals surface area contributed by atoms with Crippen molar-refractivity contribution < 1.29 is 8.42 Å². The lowest BCUT2D eigenvalue weighted by molar-refractivity contribution is 0.597. The SMILES string of the molecule is N#Cc1cccc(S(=O)(=O)CCSc2nccc(=O)[nH]2)c1. The van der Waals surface area contributed by atoms with Crippen molar-refractivity contribution in [2.24, 2.45) is 0 Å². The summed E-state index contributed by atoms with van der Waals surface area (Å²) in [5, 5.41) is 9.17. The van der Waals surface area contributed by atoms with Crippen molar-refractivity contribution in [2.75, 3.05) is 11.5 Å². The van der Waals surface area contributed by atoms with Gasteiger partial charge >= 0.3 is 0 Å². The molecule has 0 amide bonds. The predicted molar refractivity (Wildman–Crippen MR) is 78.8 cm³/mol. The highest BCUT2D eigenvalue weighted by molar-refractivity contribution is 8.00. The Morgan fingerprint density at radius 1 is 1.33 bits per heavy atom. The number of thioether (sulfide) groups is 1. The van der Waals surface area contributed by atoms with Crippen LogP contribution in [0.25, 0.3) is 0 Å². The second-order valence-electron chi connectivity index (χ2n) is 4.05. The van der Waals surface area contributed by atoms with Crippen LogP contribution < -0.4 is 5.56 Å². The van der Waals surface area contributed by atoms with Gasteiger partial charge in [0.25, 0.3) is 5.56 Å². The maximum atomic E-state index is 12.1. The fourth-order valence-corrected chi connectivity index (χ4v) is 4.09. The summed E-state index contributed by atoms with van der Waals surface area (Å²) in [7, 11) is -3.46. The fourth-order valence-electron chi connectivity index (χ4n) is 1.55. The topological polar surface area (TPSA) is 104 Å². The minimum atomic E-state index is -3.46. The molecule has 108 valence electrons. The molecule has 2 rings (SSSR count). The number of aromatic amines is 1. The first-order valence-corrected chi connectivity index (χ1v) is 8.56. The van der Waals surface area contributed by atoms with Crippen LogP contribution in [0.2, 0.25) is 0 Å². The van der Waals surface area contributed by atoms with Gasteiger partial charge in [-0.05, 0) is 18.2 Å². The first-order valence-electron chi connectivity index (χ1n) is 5.92. The molecule has 0 aliphatic carbocycles. The zero-order chi connectivity index (χ0) is 15.3. The minimum Gasteiger partial charge on any atom is -0.301 e. The average Bonchev–Trinajstić information content (AvgIpc) is 2.47. The Bertz CT molecular complexity index is 838. The van der Waals surface area contributed by atoms with E-state index >= 15 is 0 Å². The molecule has 1 aromatic heterocycles. The van der Waals surface area contributed by atoms with Crippen molar-refractivity contribution in [2.45, 2.75) is 10.1 Å². The highest BCUT2D eigenvalue weighted by Crippen LogP contribution is 2.16. The van der Waals surface area contributed by atoms with Crippen LogP contribution in [-0.2, 0) is 9.84 Å². The molecule has 1 aromatic carbocycles. The first-order chi connectivity index (χ1) is 10.0. The van der Waals surface area contributed by atoms with Crippen molar-refractivity contribution in [3.8, 4) is 6.07 Å². The van der Waals surface area contributed by atoms with Crippen LogP contribution in [0, 0.1) is 11.3 Å². The van der Waals surface area contributed by atoms with Gasteiger partial charge in [-0.3, -0.25) is 4.79 Å². The average molecular weight is 321 g/mol. The molecule has 0 saturated carbocycles. The summed E-state index contributed by atoms with van der Waals surface area (Å²) in [5.41, 5.74) is 0.0230. The summed E-state index contributed by atoms with van der Waals surface area (Å²) in [6.45, 7) is 0. The number of benzene rings is 1. The van der Waals surface area contributed by atoms with Crippen LogP contribution >= 0.6 is 11.8 Å². The molecule has 21 heavy (non-hydrogen) atoms. The molecule has 8 heteroatoms. The van der Waals surface area contributed by atoms with Crippen molar-refractivity contribution in [3.63, 3.8) is 0 Å². The molecule has 0 saturated heterocycles. The molecule has 0 aliphatic rings. The van der Waals surface area contributed by atoms with Crippen molar-refractivity contribution in [3.05, 3.63) is 52.4 Å². The number of nitrogens with one attached hydrogen (secondary N) is 1. The summed E-state index contributed by atoms with van der Waals surface area (Å²) < 4.78 is 24.3. The Labute approximate surface area is 125 Å². The summed E-state index contributed by atoms with van der Waals surface area (Å²) in [5.74, 6) is 0.150. The van der Waals surface area contributed by atoms with E-state index in [0.717, 1.165) is 11.8 Å². The molecule has 0 atom stereocenters. The van der Waals surface area contributed by atoms with Crippen LogP contribution in [0.1, 0.15) is 5.56 Å². The molecule has 1 N–H and O–H groups in total. The molecule has 0 radical (unpaired) electrons. The van der Waals surface area contributed by atoms with Crippen LogP contribution in [0.5, 0.6) is 0 Å². The van der Waals surface area contributed by atoms with Gasteiger partial charge in [0.05, 0.1) is 22.3 Å². The zero-order valence-electron chi connectivity index (χ0n) is 10.8. The molecule has 1 heterocycles. The summed E-state index contributed by atoms with van der Waals surface area (Å²) in [6.07, 6.45) is 1.37. The normalized spacial score (nSPS) is 11.0. The molecule has 0 unspecified atom stereocenters. The zero-order valence-corrected chi connectivity index (χ0v) is 12.4. The van der Waals surface area contributed by atoms with Gasteiger partial charge in [-0.15, -0.1) is 0 Å². The molecule has 0 bridgehead atoms. The third-order valence-corrected chi connectivity index (χ3v) is 5.42. The van der Waals surface area contributed by atoms with E-state index in [-0.39, 0.29) is 22.0 Å². The summed E-state index contributed by atoms with van der Waals surface area (Å²) in [6, 6.07) is 9.09. The quantitative estimate of drug-likeness (QED) is 0.655. The molecule has 0 fully saturated rings. The van der Waals surface area contributed by atoms with Crippen LogP contribution in [0.3, 0.4) is 0 Å². The minimum absolute atomic E-state index is 0.106. The Kier molecular flexibility index (Phi) is 4.77. The third-order valence-electron chi connectivity index (χ3n) is 2.56. The van der Waals surface area contributed by atoms with Gasteiger partial charge in [-0.25, -0.2) is 13.4 Å². The van der Waals surface area contributed by atoms with E-state index in [4.69, 9.17) is 5.26 Å². The molecule has 2 aromatic rings. The van der Waals surface area contributed by atoms with E-state index in [2.05, 4.69) is 9.97 Å². The number of H-pyrrole nitrogens is 1. The largest absolute Gasteiger partial charge is 0.301 e. The number of hydrogen-bond donors (Lipinski definition) is 1. The Morgan fingerprint density at radius 3 is 2.86 bits per heavy atom. The number of nitriles is 1. The van der Waals surface area contributed by atoms with Crippen LogP contribution in [0.15, 0.2) is 51.4 Å². The molecular formula is C13H11N3O3S2. The van der Waals surface area contributed by atoms with E-state index in [1.165, 1.54) is 30.5 Å². The van der Waals surface area contributed by atoms with Crippen molar-refractivity contribution in [1.29, 1.82) is 5.26 Å². The van der Waals surface area contributed by atoms with Gasteiger partial charge in [-0.2, -0.15) is 5.26 Å². The number of hydrogen-bond acceptors (Lipinski definition) is 6. The smallest absolute Gasteiger partial charge is 0.251 e. The van der Waals surface area contributed by atoms with Crippen molar-refractivity contribution >= 4 is 21.6 Å². The summed E-state index contributed by atoms with van der Waals surface area (Å²) in [4.78, 5) is 17.6. The van der Waals surface area contributed by atoms with Gasteiger partial charge in [-0.1, -0.05) is 17.8 Å². The molecule has 0 spiro atoms. The standard InChI is InChI=1S/C13H11N3O3S2/c14-9-10-2-1-3-11(8-10)21(18,19)7-6-20-13-15-5-4-12(17)16-13/h1-5,8H,6-7H2,(H,15,16,17). The third kappa shape index (κ3) is 4.18. The van der Waals surface area contributed by atoms with E-state index in [1.54, 1.807) is 6.07 Å².